The van der Waals surface area contributed by atoms with E-state index in [2.05, 4.69) is 21.7 Å². The number of benzene rings is 1. The van der Waals surface area contributed by atoms with Crippen molar-refractivity contribution in [1.29, 1.82) is 0 Å². The van der Waals surface area contributed by atoms with Gasteiger partial charge < -0.3 is 14.5 Å². The molecule has 0 saturated carbocycles. The van der Waals surface area contributed by atoms with Gasteiger partial charge in [-0.15, -0.1) is 4.98 Å². The van der Waals surface area contributed by atoms with Gasteiger partial charge in [0.15, 0.2) is 0 Å². The van der Waals surface area contributed by atoms with Crippen molar-refractivity contribution < 1.29 is 4.74 Å². The van der Waals surface area contributed by atoms with E-state index >= 15 is 0 Å². The van der Waals surface area contributed by atoms with Gasteiger partial charge in [-0.1, -0.05) is 31.7 Å². The molecule has 1 fully saturated rings. The monoisotopic (exact) mass is 415 g/mol. The van der Waals surface area contributed by atoms with E-state index in [1.807, 2.05) is 24.3 Å². The number of pyridine rings is 1. The summed E-state index contributed by atoms with van der Waals surface area (Å²) < 4.78 is 6.90. The summed E-state index contributed by atoms with van der Waals surface area (Å²) in [5.41, 5.74) is 2.44. The standard InChI is InChI=1S/C24H25N5O2/c1-16-11-13-29(14-12-16)24-27-22(18-7-10-20(25-2)26-15-18)21(23(30)28(24)3)17-5-8-19(31-4)9-6-17/h5-10,15-16H,11-14H2,1,3-4H3. The molecule has 0 radical (unpaired) electrons. The third-order valence-corrected chi connectivity index (χ3v) is 5.85. The molecule has 0 aliphatic carbocycles. The van der Waals surface area contributed by atoms with E-state index in [1.54, 1.807) is 37.1 Å². The molecule has 1 aliphatic heterocycles. The molecule has 7 heteroatoms. The van der Waals surface area contributed by atoms with Crippen molar-refractivity contribution in [3.8, 4) is 28.1 Å². The van der Waals surface area contributed by atoms with E-state index in [1.165, 1.54) is 0 Å². The maximum absolute atomic E-state index is 13.6. The van der Waals surface area contributed by atoms with Crippen LogP contribution in [0.1, 0.15) is 19.8 Å². The van der Waals surface area contributed by atoms with Crippen LogP contribution in [-0.2, 0) is 7.05 Å². The molecule has 1 aromatic carbocycles. The quantitative estimate of drug-likeness (QED) is 0.595. The number of hydrogen-bond donors (Lipinski definition) is 0. The fourth-order valence-corrected chi connectivity index (χ4v) is 3.90. The van der Waals surface area contributed by atoms with Gasteiger partial charge in [0.25, 0.3) is 11.4 Å². The second-order valence-electron chi connectivity index (χ2n) is 7.91. The maximum Gasteiger partial charge on any atom is 0.269 e. The van der Waals surface area contributed by atoms with E-state index in [-0.39, 0.29) is 5.56 Å². The van der Waals surface area contributed by atoms with Gasteiger partial charge in [-0.3, -0.25) is 9.36 Å². The van der Waals surface area contributed by atoms with Crippen molar-refractivity contribution in [3.63, 3.8) is 0 Å². The van der Waals surface area contributed by atoms with Crippen LogP contribution in [-0.4, -0.2) is 34.7 Å². The van der Waals surface area contributed by atoms with Gasteiger partial charge in [0, 0.05) is 25.7 Å². The third kappa shape index (κ3) is 4.02. The molecule has 1 aliphatic rings. The molecule has 0 bridgehead atoms. The van der Waals surface area contributed by atoms with Crippen LogP contribution in [0.2, 0.25) is 0 Å². The summed E-state index contributed by atoms with van der Waals surface area (Å²) in [6.07, 6.45) is 3.77. The van der Waals surface area contributed by atoms with Crippen molar-refractivity contribution in [2.45, 2.75) is 19.8 Å². The Labute approximate surface area is 181 Å². The van der Waals surface area contributed by atoms with Crippen molar-refractivity contribution in [2.24, 2.45) is 13.0 Å². The second-order valence-corrected chi connectivity index (χ2v) is 7.91. The highest BCUT2D eigenvalue weighted by atomic mass is 16.5. The van der Waals surface area contributed by atoms with E-state index in [4.69, 9.17) is 16.3 Å². The first-order chi connectivity index (χ1) is 15.0. The Bertz CT molecular complexity index is 1170. The summed E-state index contributed by atoms with van der Waals surface area (Å²) in [5, 5.41) is 0. The summed E-state index contributed by atoms with van der Waals surface area (Å²) in [6, 6.07) is 10.9. The Morgan fingerprint density at radius 1 is 1.10 bits per heavy atom. The number of piperidine rings is 1. The van der Waals surface area contributed by atoms with E-state index in [9.17, 15) is 4.79 Å². The molecule has 0 unspecified atom stereocenters. The average molecular weight is 415 g/mol. The molecule has 0 amide bonds. The molecular weight excluding hydrogens is 390 g/mol. The van der Waals surface area contributed by atoms with Gasteiger partial charge in [0.1, 0.15) is 11.9 Å². The topological polar surface area (TPSA) is 64.6 Å². The summed E-state index contributed by atoms with van der Waals surface area (Å²) in [4.78, 5) is 28.3. The third-order valence-electron chi connectivity index (χ3n) is 5.85. The number of anilines is 1. The Hall–Kier alpha value is -3.66. The lowest BCUT2D eigenvalue weighted by atomic mass is 9.99. The van der Waals surface area contributed by atoms with E-state index < -0.39 is 0 Å². The molecule has 31 heavy (non-hydrogen) atoms. The average Bonchev–Trinajstić information content (AvgIpc) is 2.81. The van der Waals surface area contributed by atoms with Crippen LogP contribution in [0.4, 0.5) is 11.8 Å². The number of aromatic nitrogens is 3. The van der Waals surface area contributed by atoms with Gasteiger partial charge >= 0.3 is 0 Å². The van der Waals surface area contributed by atoms with E-state index in [0.717, 1.165) is 37.2 Å². The summed E-state index contributed by atoms with van der Waals surface area (Å²) in [7, 11) is 3.39. The predicted octanol–water partition coefficient (Wildman–Crippen LogP) is 4.30. The van der Waals surface area contributed by atoms with Gasteiger partial charge in [-0.25, -0.2) is 4.98 Å². The highest BCUT2D eigenvalue weighted by molar-refractivity contribution is 5.81. The maximum atomic E-state index is 13.6. The van der Waals surface area contributed by atoms with Crippen LogP contribution in [0.3, 0.4) is 0 Å². The predicted molar refractivity (Wildman–Crippen MR) is 122 cm³/mol. The fourth-order valence-electron chi connectivity index (χ4n) is 3.90. The van der Waals surface area contributed by atoms with Crippen molar-refractivity contribution in [3.05, 3.63) is 64.4 Å². The van der Waals surface area contributed by atoms with Crippen LogP contribution < -0.4 is 15.2 Å². The minimum Gasteiger partial charge on any atom is -0.497 e. The SMILES string of the molecule is [C-]#[N+]c1ccc(-c2nc(N3CCC(C)CC3)n(C)c(=O)c2-c2ccc(OC)cc2)cn1. The van der Waals surface area contributed by atoms with Crippen LogP contribution in [0.5, 0.6) is 5.75 Å². The zero-order chi connectivity index (χ0) is 22.0. The molecule has 2 aromatic heterocycles. The number of methoxy groups -OCH3 is 1. The Morgan fingerprint density at radius 2 is 1.77 bits per heavy atom. The van der Waals surface area contributed by atoms with Crippen LogP contribution in [0.15, 0.2) is 47.4 Å². The number of nitrogens with zero attached hydrogens (tertiary/aromatic N) is 5. The van der Waals surface area contributed by atoms with Gasteiger partial charge in [0.05, 0.1) is 18.4 Å². The van der Waals surface area contributed by atoms with Crippen molar-refractivity contribution in [2.75, 3.05) is 25.1 Å². The number of rotatable bonds is 4. The van der Waals surface area contributed by atoms with Crippen LogP contribution >= 0.6 is 0 Å². The zero-order valence-corrected chi connectivity index (χ0v) is 18.0. The largest absolute Gasteiger partial charge is 0.497 e. The number of hydrogen-bond acceptors (Lipinski definition) is 5. The molecular formula is C24H25N5O2. The van der Waals surface area contributed by atoms with Gasteiger partial charge in [-0.05, 0) is 42.5 Å². The summed E-state index contributed by atoms with van der Waals surface area (Å²) in [6.45, 7) is 11.2. The lowest BCUT2D eigenvalue weighted by Crippen LogP contribution is -2.38. The summed E-state index contributed by atoms with van der Waals surface area (Å²) in [5.74, 6) is 2.37. The first kappa shape index (κ1) is 20.6. The Morgan fingerprint density at radius 3 is 2.35 bits per heavy atom. The van der Waals surface area contributed by atoms with Gasteiger partial charge in [0.2, 0.25) is 5.95 Å². The molecule has 0 spiro atoms. The molecule has 3 heterocycles. The lowest BCUT2D eigenvalue weighted by molar-refractivity contribution is 0.415. The molecule has 3 aromatic rings. The highest BCUT2D eigenvalue weighted by Crippen LogP contribution is 2.32. The molecule has 0 atom stereocenters. The molecule has 0 N–H and O–H groups in total. The van der Waals surface area contributed by atoms with Gasteiger partial charge in [-0.2, -0.15) is 0 Å². The first-order valence-corrected chi connectivity index (χ1v) is 10.4. The molecule has 1 saturated heterocycles. The second kappa shape index (κ2) is 8.60. The normalized spacial score (nSPS) is 14.3. The summed E-state index contributed by atoms with van der Waals surface area (Å²) >= 11 is 0. The Kier molecular flexibility index (Phi) is 5.72. The fraction of sp³-hybridized carbons (Fsp3) is 0.333. The molecule has 158 valence electrons. The van der Waals surface area contributed by atoms with Crippen LogP contribution in [0, 0.1) is 12.5 Å². The highest BCUT2D eigenvalue weighted by Gasteiger charge is 2.24. The van der Waals surface area contributed by atoms with Crippen molar-refractivity contribution >= 4 is 11.8 Å². The van der Waals surface area contributed by atoms with E-state index in [0.29, 0.717) is 34.5 Å². The Balaban J connectivity index is 1.91. The first-order valence-electron chi connectivity index (χ1n) is 10.4. The molecule has 4 rings (SSSR count). The minimum absolute atomic E-state index is 0.113. The molecule has 7 nitrogen and oxygen atoms in total. The smallest absolute Gasteiger partial charge is 0.269 e. The minimum atomic E-state index is -0.113. The lowest BCUT2D eigenvalue weighted by Gasteiger charge is -2.32. The van der Waals surface area contributed by atoms with Crippen LogP contribution in [0.25, 0.3) is 27.2 Å². The number of ether oxygens (including phenoxy) is 1. The zero-order valence-electron chi connectivity index (χ0n) is 18.0. The van der Waals surface area contributed by atoms with Crippen molar-refractivity contribution in [1.82, 2.24) is 14.5 Å².